The van der Waals surface area contributed by atoms with Crippen LogP contribution in [0.5, 0.6) is 0 Å². The molecule has 2 aromatic carbocycles. The maximum Gasteiger partial charge on any atom is 0.262 e. The van der Waals surface area contributed by atoms with Gasteiger partial charge in [-0.1, -0.05) is 42.1 Å². The van der Waals surface area contributed by atoms with E-state index in [1.165, 1.54) is 11.8 Å². The third-order valence-corrected chi connectivity index (χ3v) is 3.99. The molecule has 0 spiro atoms. The summed E-state index contributed by atoms with van der Waals surface area (Å²) in [7, 11) is 0. The molecular weight excluding hydrogens is 282 g/mol. The van der Waals surface area contributed by atoms with Crippen molar-refractivity contribution in [3.8, 4) is 0 Å². The first-order valence-corrected chi connectivity index (χ1v) is 7.79. The first-order valence-electron chi connectivity index (χ1n) is 6.57. The predicted octanol–water partition coefficient (Wildman–Crippen LogP) is 2.75. The van der Waals surface area contributed by atoms with Crippen LogP contribution in [0.4, 0.5) is 5.69 Å². The Morgan fingerprint density at radius 3 is 2.67 bits per heavy atom. The van der Waals surface area contributed by atoms with Crippen LogP contribution in [-0.4, -0.2) is 15.8 Å². The molecule has 0 amide bonds. The summed E-state index contributed by atoms with van der Waals surface area (Å²) in [5, 5.41) is 1.29. The van der Waals surface area contributed by atoms with E-state index >= 15 is 0 Å². The molecule has 21 heavy (non-hydrogen) atoms. The van der Waals surface area contributed by atoms with E-state index in [0.29, 0.717) is 28.3 Å². The number of nitrogens with two attached hydrogens (primary N) is 1. The summed E-state index contributed by atoms with van der Waals surface area (Å²) in [5.41, 5.74) is 8.07. The Bertz CT molecular complexity index is 843. The normalized spacial score (nSPS) is 10.9. The molecule has 0 bridgehead atoms. The van der Waals surface area contributed by atoms with E-state index in [2.05, 4.69) is 4.98 Å². The summed E-state index contributed by atoms with van der Waals surface area (Å²) >= 11 is 1.46. The lowest BCUT2D eigenvalue weighted by atomic mass is 10.2. The Morgan fingerprint density at radius 2 is 1.95 bits per heavy atom. The second kappa shape index (κ2) is 5.61. The molecule has 0 saturated heterocycles. The maximum absolute atomic E-state index is 12.7. The van der Waals surface area contributed by atoms with E-state index in [1.54, 1.807) is 22.8 Å². The Hall–Kier alpha value is -2.27. The molecule has 0 aliphatic heterocycles. The van der Waals surface area contributed by atoms with Crippen LogP contribution in [0.3, 0.4) is 0 Å². The number of fused-ring (bicyclic) bond motifs is 1. The highest BCUT2D eigenvalue weighted by atomic mass is 32.2. The summed E-state index contributed by atoms with van der Waals surface area (Å²) < 4.78 is 1.71. The summed E-state index contributed by atoms with van der Waals surface area (Å²) in [6, 6.07) is 15.1. The maximum atomic E-state index is 12.7. The van der Waals surface area contributed by atoms with Gasteiger partial charge in [-0.05, 0) is 30.0 Å². The molecule has 1 heterocycles. The van der Waals surface area contributed by atoms with Gasteiger partial charge in [0.05, 0.1) is 17.4 Å². The van der Waals surface area contributed by atoms with Crippen LogP contribution in [-0.2, 0) is 6.54 Å². The standard InChI is InChI=1S/C16H15N3OS/c1-21-16-18-14-9-12(17)7-8-13(14)15(20)19(16)10-11-5-3-2-4-6-11/h2-9H,10,17H2,1H3. The van der Waals surface area contributed by atoms with E-state index < -0.39 is 0 Å². The number of rotatable bonds is 3. The first kappa shape index (κ1) is 13.7. The molecule has 5 heteroatoms. The summed E-state index contributed by atoms with van der Waals surface area (Å²) in [6.07, 6.45) is 1.92. The fourth-order valence-electron chi connectivity index (χ4n) is 2.28. The molecule has 0 saturated carbocycles. The van der Waals surface area contributed by atoms with Crippen LogP contribution in [0, 0.1) is 0 Å². The average molecular weight is 297 g/mol. The third kappa shape index (κ3) is 2.64. The van der Waals surface area contributed by atoms with Crippen molar-refractivity contribution in [1.29, 1.82) is 0 Å². The van der Waals surface area contributed by atoms with Crippen LogP contribution in [0.2, 0.25) is 0 Å². The van der Waals surface area contributed by atoms with Gasteiger partial charge in [0.25, 0.3) is 5.56 Å². The molecule has 1 aromatic heterocycles. The van der Waals surface area contributed by atoms with Gasteiger partial charge in [-0.3, -0.25) is 9.36 Å². The Kier molecular flexibility index (Phi) is 3.66. The third-order valence-electron chi connectivity index (χ3n) is 3.31. The monoisotopic (exact) mass is 297 g/mol. The van der Waals surface area contributed by atoms with Crippen LogP contribution in [0.15, 0.2) is 58.5 Å². The van der Waals surface area contributed by atoms with Crippen molar-refractivity contribution >= 4 is 28.4 Å². The fraction of sp³-hybridized carbons (Fsp3) is 0.125. The lowest BCUT2D eigenvalue weighted by molar-refractivity contribution is 0.659. The minimum absolute atomic E-state index is 0.0341. The summed E-state index contributed by atoms with van der Waals surface area (Å²) in [4.78, 5) is 17.3. The highest BCUT2D eigenvalue weighted by molar-refractivity contribution is 7.98. The number of anilines is 1. The van der Waals surface area contributed by atoms with Gasteiger partial charge in [0.2, 0.25) is 0 Å². The highest BCUT2D eigenvalue weighted by Crippen LogP contribution is 2.18. The van der Waals surface area contributed by atoms with Gasteiger partial charge in [0.15, 0.2) is 5.16 Å². The van der Waals surface area contributed by atoms with E-state index in [0.717, 1.165) is 5.56 Å². The predicted molar refractivity (Wildman–Crippen MR) is 87.7 cm³/mol. The molecule has 3 rings (SSSR count). The van der Waals surface area contributed by atoms with Crippen molar-refractivity contribution in [3.05, 3.63) is 64.4 Å². The van der Waals surface area contributed by atoms with Gasteiger partial charge in [-0.25, -0.2) is 4.98 Å². The van der Waals surface area contributed by atoms with Crippen LogP contribution < -0.4 is 11.3 Å². The molecule has 106 valence electrons. The van der Waals surface area contributed by atoms with Gasteiger partial charge >= 0.3 is 0 Å². The zero-order chi connectivity index (χ0) is 14.8. The number of benzene rings is 2. The quantitative estimate of drug-likeness (QED) is 0.459. The number of nitrogen functional groups attached to an aromatic ring is 1. The van der Waals surface area contributed by atoms with Crippen molar-refractivity contribution in [2.45, 2.75) is 11.7 Å². The number of nitrogens with zero attached hydrogens (tertiary/aromatic N) is 2. The molecule has 0 unspecified atom stereocenters. The van der Waals surface area contributed by atoms with E-state index in [1.807, 2.05) is 36.6 Å². The average Bonchev–Trinajstić information content (AvgIpc) is 2.50. The number of thioether (sulfide) groups is 1. The Balaban J connectivity index is 2.19. The zero-order valence-electron chi connectivity index (χ0n) is 11.6. The molecule has 0 radical (unpaired) electrons. The summed E-state index contributed by atoms with van der Waals surface area (Å²) in [5.74, 6) is 0. The van der Waals surface area contributed by atoms with Crippen molar-refractivity contribution in [2.24, 2.45) is 0 Å². The van der Waals surface area contributed by atoms with Gasteiger partial charge in [0, 0.05) is 5.69 Å². The molecule has 3 aromatic rings. The Morgan fingerprint density at radius 1 is 1.19 bits per heavy atom. The topological polar surface area (TPSA) is 60.9 Å². The van der Waals surface area contributed by atoms with Crippen LogP contribution in [0.1, 0.15) is 5.56 Å². The van der Waals surface area contributed by atoms with Gasteiger partial charge in [-0.2, -0.15) is 0 Å². The van der Waals surface area contributed by atoms with Crippen molar-refractivity contribution < 1.29 is 0 Å². The molecule has 0 aliphatic carbocycles. The fourth-order valence-corrected chi connectivity index (χ4v) is 2.84. The first-order chi connectivity index (χ1) is 10.2. The second-order valence-corrected chi connectivity index (χ2v) is 5.53. The minimum Gasteiger partial charge on any atom is -0.399 e. The SMILES string of the molecule is CSc1nc2cc(N)ccc2c(=O)n1Cc1ccccc1. The smallest absolute Gasteiger partial charge is 0.262 e. The molecule has 0 aliphatic rings. The van der Waals surface area contributed by atoms with Gasteiger partial charge in [0.1, 0.15) is 0 Å². The molecule has 0 atom stereocenters. The highest BCUT2D eigenvalue weighted by Gasteiger charge is 2.11. The molecule has 4 nitrogen and oxygen atoms in total. The number of hydrogen-bond acceptors (Lipinski definition) is 4. The largest absolute Gasteiger partial charge is 0.399 e. The van der Waals surface area contributed by atoms with E-state index in [4.69, 9.17) is 5.73 Å². The molecular formula is C16H15N3OS. The zero-order valence-corrected chi connectivity index (χ0v) is 12.4. The Labute approximate surface area is 126 Å². The lowest BCUT2D eigenvalue weighted by Gasteiger charge is -2.12. The van der Waals surface area contributed by atoms with Gasteiger partial charge < -0.3 is 5.73 Å². The summed E-state index contributed by atoms with van der Waals surface area (Å²) in [6.45, 7) is 0.517. The molecule has 0 fully saturated rings. The van der Waals surface area contributed by atoms with Crippen molar-refractivity contribution in [1.82, 2.24) is 9.55 Å². The van der Waals surface area contributed by atoms with Crippen molar-refractivity contribution in [2.75, 3.05) is 12.0 Å². The van der Waals surface area contributed by atoms with Gasteiger partial charge in [-0.15, -0.1) is 0 Å². The second-order valence-electron chi connectivity index (χ2n) is 4.75. The van der Waals surface area contributed by atoms with E-state index in [9.17, 15) is 4.79 Å². The van der Waals surface area contributed by atoms with Crippen molar-refractivity contribution in [3.63, 3.8) is 0 Å². The van der Waals surface area contributed by atoms with E-state index in [-0.39, 0.29) is 5.56 Å². The minimum atomic E-state index is -0.0341. The number of hydrogen-bond donors (Lipinski definition) is 1. The number of aromatic nitrogens is 2. The lowest BCUT2D eigenvalue weighted by Crippen LogP contribution is -2.23. The molecule has 2 N–H and O–H groups in total. The van der Waals surface area contributed by atoms with Crippen LogP contribution in [0.25, 0.3) is 10.9 Å². The van der Waals surface area contributed by atoms with Crippen LogP contribution >= 0.6 is 11.8 Å².